The normalized spacial score (nSPS) is 10.1. The smallest absolute Gasteiger partial charge is 0.258 e. The maximum Gasteiger partial charge on any atom is 0.258 e. The molecule has 4 heteroatoms. The first-order valence-corrected chi connectivity index (χ1v) is 4.77. The first kappa shape index (κ1) is 11.4. The number of nitrogens with one attached hydrogen (secondary N) is 1. The van der Waals surface area contributed by atoms with Crippen LogP contribution in [0.5, 0.6) is 11.5 Å². The lowest BCUT2D eigenvalue weighted by Crippen LogP contribution is -2.20. The highest BCUT2D eigenvalue weighted by molar-refractivity contribution is 5.99. The van der Waals surface area contributed by atoms with Gasteiger partial charge in [-0.25, -0.2) is 0 Å². The summed E-state index contributed by atoms with van der Waals surface area (Å²) >= 11 is 0. The van der Waals surface area contributed by atoms with Gasteiger partial charge in [0.25, 0.3) is 5.91 Å². The fourth-order valence-corrected chi connectivity index (χ4v) is 1.22. The van der Waals surface area contributed by atoms with E-state index in [9.17, 15) is 9.90 Å². The van der Waals surface area contributed by atoms with Crippen molar-refractivity contribution in [1.82, 2.24) is 5.32 Å². The molecule has 82 valence electrons. The SMILES string of the molecule is CNC(=O)c1c(O)cccc1OC(C)C. The maximum atomic E-state index is 11.5. The van der Waals surface area contributed by atoms with E-state index in [2.05, 4.69) is 5.32 Å². The first-order chi connectivity index (χ1) is 7.06. The molecule has 15 heavy (non-hydrogen) atoms. The number of amides is 1. The minimum Gasteiger partial charge on any atom is -0.507 e. The van der Waals surface area contributed by atoms with E-state index in [0.29, 0.717) is 5.75 Å². The third-order valence-electron chi connectivity index (χ3n) is 1.82. The van der Waals surface area contributed by atoms with Crippen LogP contribution in [0.3, 0.4) is 0 Å². The molecule has 2 N–H and O–H groups in total. The van der Waals surface area contributed by atoms with E-state index in [1.165, 1.54) is 13.1 Å². The fraction of sp³-hybridized carbons (Fsp3) is 0.364. The molecule has 0 heterocycles. The summed E-state index contributed by atoms with van der Waals surface area (Å²) in [6, 6.07) is 4.75. The molecule has 1 aromatic rings. The van der Waals surface area contributed by atoms with Gasteiger partial charge in [-0.2, -0.15) is 0 Å². The lowest BCUT2D eigenvalue weighted by Gasteiger charge is -2.14. The zero-order valence-electron chi connectivity index (χ0n) is 9.07. The van der Waals surface area contributed by atoms with Crippen molar-refractivity contribution < 1.29 is 14.6 Å². The Balaban J connectivity index is 3.14. The van der Waals surface area contributed by atoms with Crippen LogP contribution in [0.2, 0.25) is 0 Å². The number of rotatable bonds is 3. The molecular formula is C11H15NO3. The fourth-order valence-electron chi connectivity index (χ4n) is 1.22. The minimum absolute atomic E-state index is 0.0461. The number of ether oxygens (including phenoxy) is 1. The standard InChI is InChI=1S/C11H15NO3/c1-7(2)15-9-6-4-5-8(13)10(9)11(14)12-3/h4-7,13H,1-3H3,(H,12,14). The molecule has 0 bridgehead atoms. The number of hydrogen-bond donors (Lipinski definition) is 2. The third kappa shape index (κ3) is 2.62. The number of phenolic OH excluding ortho intramolecular Hbond substituents is 1. The van der Waals surface area contributed by atoms with Crippen molar-refractivity contribution in [1.29, 1.82) is 0 Å². The Morgan fingerprint density at radius 3 is 2.67 bits per heavy atom. The van der Waals surface area contributed by atoms with E-state index >= 15 is 0 Å². The van der Waals surface area contributed by atoms with Gasteiger partial charge in [0.2, 0.25) is 0 Å². The predicted molar refractivity (Wildman–Crippen MR) is 57.3 cm³/mol. The minimum atomic E-state index is -0.358. The van der Waals surface area contributed by atoms with Gasteiger partial charge in [-0.3, -0.25) is 4.79 Å². The highest BCUT2D eigenvalue weighted by atomic mass is 16.5. The Labute approximate surface area is 88.9 Å². The molecule has 0 saturated carbocycles. The van der Waals surface area contributed by atoms with E-state index in [1.54, 1.807) is 12.1 Å². The summed E-state index contributed by atoms with van der Waals surface area (Å²) in [7, 11) is 1.51. The maximum absolute atomic E-state index is 11.5. The Morgan fingerprint density at radius 2 is 2.13 bits per heavy atom. The molecule has 0 fully saturated rings. The quantitative estimate of drug-likeness (QED) is 0.793. The average Bonchev–Trinajstić information content (AvgIpc) is 2.16. The second kappa shape index (κ2) is 4.68. The predicted octanol–water partition coefficient (Wildman–Crippen LogP) is 1.54. The van der Waals surface area contributed by atoms with Crippen molar-refractivity contribution in [2.75, 3.05) is 7.05 Å². The molecule has 1 amide bonds. The third-order valence-corrected chi connectivity index (χ3v) is 1.82. The van der Waals surface area contributed by atoms with Crippen molar-refractivity contribution in [2.45, 2.75) is 20.0 Å². The number of benzene rings is 1. The van der Waals surface area contributed by atoms with Gasteiger partial charge in [0.15, 0.2) is 0 Å². The lowest BCUT2D eigenvalue weighted by molar-refractivity contribution is 0.0954. The lowest BCUT2D eigenvalue weighted by atomic mass is 10.1. The summed E-state index contributed by atoms with van der Waals surface area (Å²) in [5, 5.41) is 12.0. The van der Waals surface area contributed by atoms with Crippen LogP contribution in [0.4, 0.5) is 0 Å². The van der Waals surface area contributed by atoms with E-state index in [0.717, 1.165) is 0 Å². The number of carbonyl (C=O) groups is 1. The molecule has 0 atom stereocenters. The number of hydrogen-bond acceptors (Lipinski definition) is 3. The monoisotopic (exact) mass is 209 g/mol. The molecular weight excluding hydrogens is 194 g/mol. The molecule has 1 aromatic carbocycles. The molecule has 0 unspecified atom stereocenters. The number of carbonyl (C=O) groups excluding carboxylic acids is 1. The van der Waals surface area contributed by atoms with Gasteiger partial charge in [0, 0.05) is 7.05 Å². The number of phenols is 1. The summed E-state index contributed by atoms with van der Waals surface area (Å²) < 4.78 is 5.43. The van der Waals surface area contributed by atoms with Gasteiger partial charge in [-0.15, -0.1) is 0 Å². The van der Waals surface area contributed by atoms with Crippen molar-refractivity contribution in [3.8, 4) is 11.5 Å². The van der Waals surface area contributed by atoms with Crippen molar-refractivity contribution in [3.63, 3.8) is 0 Å². The van der Waals surface area contributed by atoms with Crippen LogP contribution in [-0.4, -0.2) is 24.2 Å². The molecule has 0 aliphatic heterocycles. The highest BCUT2D eigenvalue weighted by Crippen LogP contribution is 2.27. The topological polar surface area (TPSA) is 58.6 Å². The zero-order chi connectivity index (χ0) is 11.4. The molecule has 0 aromatic heterocycles. The summed E-state index contributed by atoms with van der Waals surface area (Å²) in [5.41, 5.74) is 0.175. The summed E-state index contributed by atoms with van der Waals surface area (Å²) in [6.45, 7) is 3.72. The summed E-state index contributed by atoms with van der Waals surface area (Å²) in [6.07, 6.45) is -0.0461. The van der Waals surface area contributed by atoms with Crippen LogP contribution in [0.25, 0.3) is 0 Å². The number of aromatic hydroxyl groups is 1. The average molecular weight is 209 g/mol. The zero-order valence-corrected chi connectivity index (χ0v) is 9.07. The second-order valence-corrected chi connectivity index (χ2v) is 3.40. The van der Waals surface area contributed by atoms with Crippen LogP contribution in [0, 0.1) is 0 Å². The molecule has 0 saturated heterocycles. The second-order valence-electron chi connectivity index (χ2n) is 3.40. The van der Waals surface area contributed by atoms with Gasteiger partial charge in [-0.05, 0) is 26.0 Å². The van der Waals surface area contributed by atoms with Crippen molar-refractivity contribution >= 4 is 5.91 Å². The summed E-state index contributed by atoms with van der Waals surface area (Å²) in [5.74, 6) is -0.0411. The van der Waals surface area contributed by atoms with Crippen LogP contribution in [-0.2, 0) is 0 Å². The van der Waals surface area contributed by atoms with Crippen LogP contribution < -0.4 is 10.1 Å². The van der Waals surface area contributed by atoms with Crippen molar-refractivity contribution in [3.05, 3.63) is 23.8 Å². The Hall–Kier alpha value is -1.71. The van der Waals surface area contributed by atoms with Gasteiger partial charge >= 0.3 is 0 Å². The molecule has 0 spiro atoms. The molecule has 4 nitrogen and oxygen atoms in total. The molecule has 1 rings (SSSR count). The van der Waals surface area contributed by atoms with E-state index in [1.807, 2.05) is 13.8 Å². The van der Waals surface area contributed by atoms with Crippen LogP contribution in [0.15, 0.2) is 18.2 Å². The van der Waals surface area contributed by atoms with Crippen molar-refractivity contribution in [2.24, 2.45) is 0 Å². The Morgan fingerprint density at radius 1 is 1.47 bits per heavy atom. The van der Waals surface area contributed by atoms with Gasteiger partial charge in [0.05, 0.1) is 6.10 Å². The van der Waals surface area contributed by atoms with Gasteiger partial charge in [0.1, 0.15) is 17.1 Å². The first-order valence-electron chi connectivity index (χ1n) is 4.77. The van der Waals surface area contributed by atoms with Gasteiger partial charge in [-0.1, -0.05) is 6.07 Å². The molecule has 0 aliphatic rings. The molecule has 0 radical (unpaired) electrons. The van der Waals surface area contributed by atoms with Gasteiger partial charge < -0.3 is 15.2 Å². The largest absolute Gasteiger partial charge is 0.507 e. The van der Waals surface area contributed by atoms with E-state index < -0.39 is 0 Å². The Kier molecular flexibility index (Phi) is 3.55. The van der Waals surface area contributed by atoms with E-state index in [4.69, 9.17) is 4.74 Å². The van der Waals surface area contributed by atoms with Crippen LogP contribution in [0.1, 0.15) is 24.2 Å². The molecule has 0 aliphatic carbocycles. The Bertz CT molecular complexity index is 361. The summed E-state index contributed by atoms with van der Waals surface area (Å²) in [4.78, 5) is 11.5. The van der Waals surface area contributed by atoms with Crippen LogP contribution >= 0.6 is 0 Å². The highest BCUT2D eigenvalue weighted by Gasteiger charge is 2.16. The van der Waals surface area contributed by atoms with E-state index in [-0.39, 0.29) is 23.3 Å².